The Morgan fingerprint density at radius 2 is 1.76 bits per heavy atom. The number of para-hydroxylation sites is 1. The van der Waals surface area contributed by atoms with Gasteiger partial charge in [-0.05, 0) is 54.8 Å². The molecule has 1 aliphatic rings. The van der Waals surface area contributed by atoms with Crippen molar-refractivity contribution in [2.24, 2.45) is 0 Å². The van der Waals surface area contributed by atoms with Crippen molar-refractivity contribution in [1.29, 1.82) is 0 Å². The quantitative estimate of drug-likeness (QED) is 0.373. The summed E-state index contributed by atoms with van der Waals surface area (Å²) >= 11 is 0. The van der Waals surface area contributed by atoms with Crippen molar-refractivity contribution in [3.63, 3.8) is 0 Å². The first-order valence-electron chi connectivity index (χ1n) is 10.6. The SMILES string of the molecule is COc1ccc(C(=O)OCC(=O)c2ccccc2F)cc1S(=O)(=O)N1CCCc2ccccc21. The van der Waals surface area contributed by atoms with Crippen molar-refractivity contribution < 1.29 is 31.9 Å². The Morgan fingerprint density at radius 3 is 2.53 bits per heavy atom. The van der Waals surface area contributed by atoms with E-state index >= 15 is 0 Å². The number of ether oxygens (including phenoxy) is 2. The number of methoxy groups -OCH3 is 1. The highest BCUT2D eigenvalue weighted by molar-refractivity contribution is 7.93. The highest BCUT2D eigenvalue weighted by atomic mass is 32.2. The number of rotatable bonds is 7. The molecule has 4 rings (SSSR count). The van der Waals surface area contributed by atoms with Crippen LogP contribution in [0.15, 0.2) is 71.6 Å². The molecule has 176 valence electrons. The molecular formula is C25H22FNO6S. The Morgan fingerprint density at radius 1 is 1.03 bits per heavy atom. The summed E-state index contributed by atoms with van der Waals surface area (Å²) in [5.41, 5.74) is 1.22. The second-order valence-corrected chi connectivity index (χ2v) is 9.48. The van der Waals surface area contributed by atoms with E-state index in [1.165, 1.54) is 47.8 Å². The molecule has 9 heteroatoms. The normalized spacial score (nSPS) is 13.2. The number of carbonyl (C=O) groups is 2. The minimum atomic E-state index is -4.07. The second-order valence-electron chi connectivity index (χ2n) is 7.65. The van der Waals surface area contributed by atoms with Gasteiger partial charge in [0.25, 0.3) is 10.0 Å². The van der Waals surface area contributed by atoms with Crippen molar-refractivity contribution in [2.75, 3.05) is 24.6 Å². The topological polar surface area (TPSA) is 90.0 Å². The Labute approximate surface area is 196 Å². The fourth-order valence-electron chi connectivity index (χ4n) is 3.85. The smallest absolute Gasteiger partial charge is 0.338 e. The largest absolute Gasteiger partial charge is 0.495 e. The molecule has 0 N–H and O–H groups in total. The predicted molar refractivity (Wildman–Crippen MR) is 123 cm³/mol. The van der Waals surface area contributed by atoms with Crippen LogP contribution in [-0.2, 0) is 21.2 Å². The fraction of sp³-hybridized carbons (Fsp3) is 0.200. The van der Waals surface area contributed by atoms with E-state index in [0.29, 0.717) is 12.1 Å². The number of hydrogen-bond acceptors (Lipinski definition) is 6. The molecule has 3 aromatic carbocycles. The van der Waals surface area contributed by atoms with Crippen LogP contribution in [0.2, 0.25) is 0 Å². The number of aryl methyl sites for hydroxylation is 1. The third kappa shape index (κ3) is 4.51. The van der Waals surface area contributed by atoms with Gasteiger partial charge in [-0.25, -0.2) is 17.6 Å². The number of anilines is 1. The molecule has 1 aliphatic heterocycles. The zero-order valence-electron chi connectivity index (χ0n) is 18.4. The number of hydrogen-bond donors (Lipinski definition) is 0. The summed E-state index contributed by atoms with van der Waals surface area (Å²) in [6.45, 7) is -0.401. The summed E-state index contributed by atoms with van der Waals surface area (Å²) in [4.78, 5) is 24.6. The van der Waals surface area contributed by atoms with Gasteiger partial charge in [0.05, 0.1) is 23.9 Å². The van der Waals surface area contributed by atoms with E-state index in [0.717, 1.165) is 18.1 Å². The molecule has 0 aliphatic carbocycles. The standard InChI is InChI=1S/C25H22FNO6S/c1-32-23-13-12-18(25(29)33-16-22(28)19-9-3-4-10-20(19)26)15-24(23)34(30,31)27-14-6-8-17-7-2-5-11-21(17)27/h2-5,7,9-13,15H,6,8,14,16H2,1H3. The van der Waals surface area contributed by atoms with E-state index < -0.39 is 34.2 Å². The molecule has 3 aromatic rings. The summed E-state index contributed by atoms with van der Waals surface area (Å²) < 4.78 is 52.6. The molecule has 0 amide bonds. The molecule has 0 atom stereocenters. The maximum Gasteiger partial charge on any atom is 0.338 e. The van der Waals surface area contributed by atoms with Crippen molar-refractivity contribution >= 4 is 27.5 Å². The Kier molecular flexibility index (Phi) is 6.65. The van der Waals surface area contributed by atoms with Crippen LogP contribution in [0.5, 0.6) is 5.75 Å². The van der Waals surface area contributed by atoms with Gasteiger partial charge >= 0.3 is 5.97 Å². The van der Waals surface area contributed by atoms with Gasteiger partial charge < -0.3 is 9.47 Å². The number of nitrogens with zero attached hydrogens (tertiary/aromatic N) is 1. The fourth-order valence-corrected chi connectivity index (χ4v) is 5.58. The van der Waals surface area contributed by atoms with E-state index in [2.05, 4.69) is 0 Å². The van der Waals surface area contributed by atoms with Crippen LogP contribution in [0, 0.1) is 5.82 Å². The van der Waals surface area contributed by atoms with Crippen molar-refractivity contribution in [2.45, 2.75) is 17.7 Å². The summed E-state index contributed by atoms with van der Waals surface area (Å²) in [7, 11) is -2.73. The molecule has 0 unspecified atom stereocenters. The van der Waals surface area contributed by atoms with Crippen molar-refractivity contribution in [3.05, 3.63) is 89.2 Å². The number of ketones is 1. The van der Waals surface area contributed by atoms with Gasteiger partial charge in [0, 0.05) is 6.54 Å². The average Bonchev–Trinajstić information content (AvgIpc) is 2.86. The first kappa shape index (κ1) is 23.4. The first-order chi connectivity index (χ1) is 16.3. The first-order valence-corrected chi connectivity index (χ1v) is 12.0. The third-order valence-electron chi connectivity index (χ3n) is 5.54. The van der Waals surface area contributed by atoms with Crippen LogP contribution in [0.4, 0.5) is 10.1 Å². The second kappa shape index (κ2) is 9.64. The molecule has 34 heavy (non-hydrogen) atoms. The molecule has 0 spiro atoms. The molecule has 0 bridgehead atoms. The zero-order valence-corrected chi connectivity index (χ0v) is 19.2. The number of halogens is 1. The molecular weight excluding hydrogens is 461 g/mol. The lowest BCUT2D eigenvalue weighted by Gasteiger charge is -2.30. The lowest BCUT2D eigenvalue weighted by Crippen LogP contribution is -2.35. The van der Waals surface area contributed by atoms with Crippen molar-refractivity contribution in [1.82, 2.24) is 0 Å². The van der Waals surface area contributed by atoms with E-state index in [9.17, 15) is 22.4 Å². The van der Waals surface area contributed by atoms with Crippen LogP contribution in [0.1, 0.15) is 32.7 Å². The van der Waals surface area contributed by atoms with Gasteiger partial charge in [-0.1, -0.05) is 30.3 Å². The Bertz CT molecular complexity index is 1360. The van der Waals surface area contributed by atoms with Gasteiger partial charge in [-0.15, -0.1) is 0 Å². The minimum Gasteiger partial charge on any atom is -0.495 e. The average molecular weight is 484 g/mol. The number of carbonyl (C=O) groups excluding carboxylic acids is 2. The lowest BCUT2D eigenvalue weighted by molar-refractivity contribution is 0.0473. The summed E-state index contributed by atoms with van der Waals surface area (Å²) in [6.07, 6.45) is 1.42. The number of esters is 1. The summed E-state index contributed by atoms with van der Waals surface area (Å²) in [6, 6.07) is 16.5. The maximum absolute atomic E-state index is 13.8. The lowest BCUT2D eigenvalue weighted by atomic mass is 10.0. The van der Waals surface area contributed by atoms with E-state index in [1.807, 2.05) is 12.1 Å². The molecule has 1 heterocycles. The zero-order chi connectivity index (χ0) is 24.3. The van der Waals surface area contributed by atoms with E-state index in [4.69, 9.17) is 9.47 Å². The highest BCUT2D eigenvalue weighted by Gasteiger charge is 2.32. The van der Waals surface area contributed by atoms with Gasteiger partial charge in [-0.2, -0.15) is 0 Å². The Balaban J connectivity index is 1.60. The number of sulfonamides is 1. The summed E-state index contributed by atoms with van der Waals surface area (Å²) in [5.74, 6) is -2.27. The number of benzene rings is 3. The molecule has 0 radical (unpaired) electrons. The van der Waals surface area contributed by atoms with Crippen LogP contribution in [-0.4, -0.2) is 40.4 Å². The maximum atomic E-state index is 13.8. The number of Topliss-reactive ketones (excluding diaryl/α,β-unsaturated/α-hetero) is 1. The van der Waals surface area contributed by atoms with Crippen LogP contribution in [0.25, 0.3) is 0 Å². The van der Waals surface area contributed by atoms with Crippen LogP contribution < -0.4 is 9.04 Å². The number of fused-ring (bicyclic) bond motifs is 1. The monoisotopic (exact) mass is 483 g/mol. The van der Waals surface area contributed by atoms with Gasteiger partial charge in [0.1, 0.15) is 16.5 Å². The molecule has 0 saturated heterocycles. The van der Waals surface area contributed by atoms with Crippen LogP contribution in [0.3, 0.4) is 0 Å². The van der Waals surface area contributed by atoms with Gasteiger partial charge in [0.15, 0.2) is 6.61 Å². The van der Waals surface area contributed by atoms with E-state index in [1.54, 1.807) is 12.1 Å². The minimum absolute atomic E-state index is 0.0713. The summed E-state index contributed by atoms with van der Waals surface area (Å²) in [5, 5.41) is 0. The predicted octanol–water partition coefficient (Wildman–Crippen LogP) is 4.02. The molecule has 0 aromatic heterocycles. The van der Waals surface area contributed by atoms with Gasteiger partial charge in [0.2, 0.25) is 5.78 Å². The molecule has 0 saturated carbocycles. The van der Waals surface area contributed by atoms with Crippen LogP contribution >= 0.6 is 0 Å². The van der Waals surface area contributed by atoms with Gasteiger partial charge in [-0.3, -0.25) is 9.10 Å². The Hall–Kier alpha value is -3.72. The molecule has 0 fully saturated rings. The molecule has 7 nitrogen and oxygen atoms in total. The highest BCUT2D eigenvalue weighted by Crippen LogP contribution is 2.35. The van der Waals surface area contributed by atoms with E-state index in [-0.39, 0.29) is 28.3 Å². The third-order valence-corrected chi connectivity index (χ3v) is 7.38. The van der Waals surface area contributed by atoms with Crippen molar-refractivity contribution in [3.8, 4) is 5.75 Å².